The van der Waals surface area contributed by atoms with Gasteiger partial charge in [0.25, 0.3) is 6.43 Å². The lowest BCUT2D eigenvalue weighted by molar-refractivity contribution is 0.144. The van der Waals surface area contributed by atoms with Crippen LogP contribution in [0.2, 0.25) is 0 Å². The molecule has 4 aromatic heterocycles. The number of halogens is 2. The van der Waals surface area contributed by atoms with Crippen LogP contribution in [0.25, 0.3) is 17.0 Å². The molecule has 5 heterocycles. The highest BCUT2D eigenvalue weighted by atomic mass is 19.3. The SMILES string of the molecule is FC(F)c1ccc2ncc(-c3cc(N4Cc5ccncc5C4)ncn3)n2n1. The average Bonchev–Trinajstić information content (AvgIpc) is 3.31. The van der Waals surface area contributed by atoms with Crippen LogP contribution in [-0.4, -0.2) is 29.5 Å². The zero-order valence-electron chi connectivity index (χ0n) is 14.0. The van der Waals surface area contributed by atoms with Crippen molar-refractivity contribution < 1.29 is 8.78 Å². The van der Waals surface area contributed by atoms with Crippen molar-refractivity contribution in [2.45, 2.75) is 19.5 Å². The van der Waals surface area contributed by atoms with Gasteiger partial charge in [-0.3, -0.25) is 4.98 Å². The van der Waals surface area contributed by atoms with E-state index in [1.54, 1.807) is 12.4 Å². The average molecular weight is 365 g/mol. The Hall–Kier alpha value is -3.49. The zero-order valence-corrected chi connectivity index (χ0v) is 14.0. The van der Waals surface area contributed by atoms with E-state index in [0.29, 0.717) is 23.6 Å². The van der Waals surface area contributed by atoms with Crippen LogP contribution in [0.4, 0.5) is 14.6 Å². The molecule has 0 saturated carbocycles. The number of rotatable bonds is 3. The van der Waals surface area contributed by atoms with E-state index in [9.17, 15) is 8.78 Å². The van der Waals surface area contributed by atoms with Gasteiger partial charge < -0.3 is 4.90 Å². The molecule has 5 rings (SSSR count). The van der Waals surface area contributed by atoms with E-state index in [1.807, 2.05) is 18.3 Å². The number of alkyl halides is 2. The topological polar surface area (TPSA) is 72.1 Å². The van der Waals surface area contributed by atoms with Crippen LogP contribution in [0.1, 0.15) is 23.2 Å². The minimum Gasteiger partial charge on any atom is -0.348 e. The molecule has 0 fully saturated rings. The standard InChI is InChI=1S/C18H13F2N7/c19-18(20)13-1-2-16-22-7-15(27(16)25-13)14-5-17(24-10-23-14)26-8-11-3-4-21-6-12(11)9-26/h1-7,10,18H,8-9H2. The van der Waals surface area contributed by atoms with Gasteiger partial charge in [0.05, 0.1) is 11.9 Å². The third-order valence-corrected chi connectivity index (χ3v) is 4.57. The van der Waals surface area contributed by atoms with Gasteiger partial charge in [-0.1, -0.05) is 0 Å². The fourth-order valence-corrected chi connectivity index (χ4v) is 3.22. The number of pyridine rings is 1. The Bertz CT molecular complexity index is 1120. The molecule has 0 unspecified atom stereocenters. The predicted octanol–water partition coefficient (Wildman–Crippen LogP) is 3.04. The van der Waals surface area contributed by atoms with Crippen LogP contribution in [0.3, 0.4) is 0 Å². The van der Waals surface area contributed by atoms with Gasteiger partial charge in [0.1, 0.15) is 23.5 Å². The second-order valence-electron chi connectivity index (χ2n) is 6.23. The number of aromatic nitrogens is 6. The van der Waals surface area contributed by atoms with Crippen molar-refractivity contribution in [2.75, 3.05) is 4.90 Å². The number of imidazole rings is 1. The summed E-state index contributed by atoms with van der Waals surface area (Å²) in [5.74, 6) is 0.746. The molecule has 4 aromatic rings. The maximum atomic E-state index is 13.0. The van der Waals surface area contributed by atoms with E-state index in [0.717, 1.165) is 17.9 Å². The fourth-order valence-electron chi connectivity index (χ4n) is 3.22. The van der Waals surface area contributed by atoms with Crippen molar-refractivity contribution in [3.8, 4) is 11.4 Å². The number of hydrogen-bond acceptors (Lipinski definition) is 6. The summed E-state index contributed by atoms with van der Waals surface area (Å²) >= 11 is 0. The van der Waals surface area contributed by atoms with E-state index in [-0.39, 0.29) is 5.69 Å². The summed E-state index contributed by atoms with van der Waals surface area (Å²) in [6.07, 6.45) is 4.02. The molecule has 0 bridgehead atoms. The highest BCUT2D eigenvalue weighted by Crippen LogP contribution is 2.28. The quantitative estimate of drug-likeness (QED) is 0.556. The Balaban J connectivity index is 1.53. The molecular weight excluding hydrogens is 352 g/mol. The van der Waals surface area contributed by atoms with E-state index in [1.165, 1.54) is 28.5 Å². The van der Waals surface area contributed by atoms with Crippen molar-refractivity contribution in [1.82, 2.24) is 29.5 Å². The van der Waals surface area contributed by atoms with Crippen LogP contribution in [-0.2, 0) is 13.1 Å². The van der Waals surface area contributed by atoms with E-state index < -0.39 is 6.43 Å². The molecule has 7 nitrogen and oxygen atoms in total. The molecule has 27 heavy (non-hydrogen) atoms. The first-order chi connectivity index (χ1) is 13.2. The highest BCUT2D eigenvalue weighted by molar-refractivity contribution is 5.63. The van der Waals surface area contributed by atoms with Gasteiger partial charge in [-0.15, -0.1) is 0 Å². The molecule has 0 aromatic carbocycles. The Morgan fingerprint density at radius 2 is 1.85 bits per heavy atom. The van der Waals surface area contributed by atoms with Gasteiger partial charge >= 0.3 is 0 Å². The monoisotopic (exact) mass is 365 g/mol. The second kappa shape index (κ2) is 6.04. The molecule has 0 spiro atoms. The molecule has 0 atom stereocenters. The minimum absolute atomic E-state index is 0.307. The molecule has 0 aliphatic carbocycles. The lowest BCUT2D eigenvalue weighted by Gasteiger charge is -2.16. The summed E-state index contributed by atoms with van der Waals surface area (Å²) in [6.45, 7) is 1.44. The smallest absolute Gasteiger partial charge is 0.282 e. The van der Waals surface area contributed by atoms with Crippen molar-refractivity contribution in [1.29, 1.82) is 0 Å². The predicted molar refractivity (Wildman–Crippen MR) is 93.1 cm³/mol. The van der Waals surface area contributed by atoms with Crippen molar-refractivity contribution >= 4 is 11.5 Å². The normalized spacial score (nSPS) is 13.5. The highest BCUT2D eigenvalue weighted by Gasteiger charge is 2.21. The van der Waals surface area contributed by atoms with E-state index in [2.05, 4.69) is 29.9 Å². The number of nitrogens with zero attached hydrogens (tertiary/aromatic N) is 7. The second-order valence-corrected chi connectivity index (χ2v) is 6.23. The lowest BCUT2D eigenvalue weighted by Crippen LogP contribution is -2.16. The van der Waals surface area contributed by atoms with Crippen molar-refractivity contribution in [3.05, 3.63) is 66.0 Å². The maximum absolute atomic E-state index is 13.0. The van der Waals surface area contributed by atoms with Crippen LogP contribution in [0, 0.1) is 0 Å². The number of anilines is 1. The molecule has 0 amide bonds. The van der Waals surface area contributed by atoms with E-state index >= 15 is 0 Å². The fraction of sp³-hybridized carbons (Fsp3) is 0.167. The summed E-state index contributed by atoms with van der Waals surface area (Å²) in [5.41, 5.74) is 3.65. The third kappa shape index (κ3) is 2.67. The maximum Gasteiger partial charge on any atom is 0.282 e. The Labute approximate surface area is 152 Å². The van der Waals surface area contributed by atoms with Crippen molar-refractivity contribution in [2.24, 2.45) is 0 Å². The molecule has 0 N–H and O–H groups in total. The molecule has 134 valence electrons. The van der Waals surface area contributed by atoms with Crippen LogP contribution >= 0.6 is 0 Å². The first kappa shape index (κ1) is 15.7. The molecule has 9 heteroatoms. The Morgan fingerprint density at radius 3 is 2.70 bits per heavy atom. The van der Waals surface area contributed by atoms with Gasteiger partial charge in [0.2, 0.25) is 0 Å². The van der Waals surface area contributed by atoms with Crippen LogP contribution < -0.4 is 4.90 Å². The first-order valence-electron chi connectivity index (χ1n) is 8.31. The van der Waals surface area contributed by atoms with Gasteiger partial charge in [-0.05, 0) is 29.3 Å². The summed E-state index contributed by atoms with van der Waals surface area (Å²) in [5, 5.41) is 3.99. The first-order valence-corrected chi connectivity index (χ1v) is 8.31. The number of fused-ring (bicyclic) bond motifs is 2. The summed E-state index contributed by atoms with van der Waals surface area (Å²) in [6, 6.07) is 6.61. The largest absolute Gasteiger partial charge is 0.348 e. The Morgan fingerprint density at radius 1 is 0.963 bits per heavy atom. The van der Waals surface area contributed by atoms with Gasteiger partial charge in [-0.25, -0.2) is 28.2 Å². The van der Waals surface area contributed by atoms with E-state index in [4.69, 9.17) is 0 Å². The summed E-state index contributed by atoms with van der Waals surface area (Å²) in [4.78, 5) is 19.2. The zero-order chi connectivity index (χ0) is 18.4. The van der Waals surface area contributed by atoms with Gasteiger partial charge in [0, 0.05) is 31.5 Å². The summed E-state index contributed by atoms with van der Waals surface area (Å²) < 4.78 is 27.4. The lowest BCUT2D eigenvalue weighted by atomic mass is 10.2. The molecular formula is C18H13F2N7. The third-order valence-electron chi connectivity index (χ3n) is 4.57. The van der Waals surface area contributed by atoms with Crippen molar-refractivity contribution in [3.63, 3.8) is 0 Å². The summed E-state index contributed by atoms with van der Waals surface area (Å²) in [7, 11) is 0. The Kier molecular flexibility index (Phi) is 3.52. The minimum atomic E-state index is -2.65. The van der Waals surface area contributed by atoms with Crippen LogP contribution in [0.15, 0.2) is 49.2 Å². The van der Waals surface area contributed by atoms with Crippen LogP contribution in [0.5, 0.6) is 0 Å². The molecule has 1 aliphatic heterocycles. The number of hydrogen-bond donors (Lipinski definition) is 0. The molecule has 0 saturated heterocycles. The van der Waals surface area contributed by atoms with Gasteiger partial charge in [-0.2, -0.15) is 5.10 Å². The van der Waals surface area contributed by atoms with Gasteiger partial charge in [0.15, 0.2) is 5.65 Å². The molecule has 1 aliphatic rings. The molecule has 0 radical (unpaired) electrons.